The van der Waals surface area contributed by atoms with Crippen LogP contribution in [0.3, 0.4) is 0 Å². The second-order valence-corrected chi connectivity index (χ2v) is 5.36. The molecule has 0 fully saturated rings. The first kappa shape index (κ1) is 15.1. The molecule has 0 aliphatic carbocycles. The van der Waals surface area contributed by atoms with Crippen molar-refractivity contribution in [1.29, 1.82) is 0 Å². The van der Waals surface area contributed by atoms with Crippen molar-refractivity contribution in [1.82, 2.24) is 4.90 Å². The van der Waals surface area contributed by atoms with Crippen LogP contribution in [-0.4, -0.2) is 25.0 Å². The molecular weight excluding hydrogens is 260 g/mol. The van der Waals surface area contributed by atoms with Crippen LogP contribution in [0.1, 0.15) is 17.5 Å². The number of aryl methyl sites for hydroxylation is 2. The Bertz CT molecular complexity index is 579. The van der Waals surface area contributed by atoms with E-state index in [0.29, 0.717) is 0 Å². The third-order valence-corrected chi connectivity index (χ3v) is 3.36. The molecule has 2 rings (SSSR count). The van der Waals surface area contributed by atoms with Gasteiger partial charge >= 0.3 is 6.03 Å². The topological polar surface area (TPSA) is 32.3 Å². The minimum atomic E-state index is -0.101. The Morgan fingerprint density at radius 2 is 1.62 bits per heavy atom. The summed E-state index contributed by atoms with van der Waals surface area (Å²) < 4.78 is 0. The Morgan fingerprint density at radius 3 is 2.33 bits per heavy atom. The second-order valence-electron chi connectivity index (χ2n) is 5.36. The molecule has 0 radical (unpaired) electrons. The molecule has 2 aromatic rings. The lowest BCUT2D eigenvalue weighted by Crippen LogP contribution is -2.27. The Balaban J connectivity index is 1.88. The zero-order valence-corrected chi connectivity index (χ0v) is 12.7. The summed E-state index contributed by atoms with van der Waals surface area (Å²) in [5, 5.41) is 2.88. The predicted octanol–water partition coefficient (Wildman–Crippen LogP) is 3.96. The fourth-order valence-corrected chi connectivity index (χ4v) is 2.18. The maximum atomic E-state index is 11.6. The summed E-state index contributed by atoms with van der Waals surface area (Å²) in [7, 11) is 3.47. The van der Waals surface area contributed by atoms with Gasteiger partial charge in [0.1, 0.15) is 0 Å². The molecule has 0 saturated heterocycles. The molecule has 0 aromatic heterocycles. The van der Waals surface area contributed by atoms with Crippen molar-refractivity contribution >= 4 is 11.7 Å². The number of nitrogens with one attached hydrogen (secondary N) is 1. The summed E-state index contributed by atoms with van der Waals surface area (Å²) in [6, 6.07) is 18.5. The quantitative estimate of drug-likeness (QED) is 0.884. The zero-order chi connectivity index (χ0) is 15.1. The van der Waals surface area contributed by atoms with Gasteiger partial charge in [0.15, 0.2) is 0 Å². The van der Waals surface area contributed by atoms with E-state index in [9.17, 15) is 4.79 Å². The normalized spacial score (nSPS) is 10.2. The van der Waals surface area contributed by atoms with Crippen molar-refractivity contribution in [3.05, 3.63) is 65.7 Å². The second kappa shape index (κ2) is 7.48. The maximum Gasteiger partial charge on any atom is 0.321 e. The predicted molar refractivity (Wildman–Crippen MR) is 87.6 cm³/mol. The van der Waals surface area contributed by atoms with Gasteiger partial charge < -0.3 is 10.2 Å². The van der Waals surface area contributed by atoms with E-state index in [0.717, 1.165) is 24.9 Å². The van der Waals surface area contributed by atoms with Gasteiger partial charge in [-0.1, -0.05) is 42.5 Å². The standard InChI is InChI=1S/C18H22N2O/c1-20(2)18(21)19-17-13-7-12-16(14-17)11-6-10-15-8-4-3-5-9-15/h3-5,7-9,12-14H,6,10-11H2,1-2H3,(H,19,21). The molecule has 2 aromatic carbocycles. The number of anilines is 1. The monoisotopic (exact) mass is 282 g/mol. The third kappa shape index (κ3) is 4.95. The molecule has 1 N–H and O–H groups in total. The fraction of sp³-hybridized carbons (Fsp3) is 0.278. The number of rotatable bonds is 5. The van der Waals surface area contributed by atoms with Crippen molar-refractivity contribution in [2.75, 3.05) is 19.4 Å². The smallest absolute Gasteiger partial charge is 0.321 e. The third-order valence-electron chi connectivity index (χ3n) is 3.36. The number of carbonyl (C=O) groups is 1. The first-order chi connectivity index (χ1) is 10.1. The average Bonchev–Trinajstić information content (AvgIpc) is 2.48. The summed E-state index contributed by atoms with van der Waals surface area (Å²) in [6.07, 6.45) is 3.20. The van der Waals surface area contributed by atoms with Crippen LogP contribution in [0.5, 0.6) is 0 Å². The summed E-state index contributed by atoms with van der Waals surface area (Å²) in [5.74, 6) is 0. The van der Waals surface area contributed by atoms with Crippen LogP contribution in [0.4, 0.5) is 10.5 Å². The SMILES string of the molecule is CN(C)C(=O)Nc1cccc(CCCc2ccccc2)c1. The van der Waals surface area contributed by atoms with Crippen LogP contribution >= 0.6 is 0 Å². The molecule has 0 aliphatic rings. The van der Waals surface area contributed by atoms with Crippen molar-refractivity contribution < 1.29 is 4.79 Å². The minimum absolute atomic E-state index is 0.101. The van der Waals surface area contributed by atoms with Crippen LogP contribution in [-0.2, 0) is 12.8 Å². The molecule has 0 bridgehead atoms. The van der Waals surface area contributed by atoms with E-state index in [1.54, 1.807) is 14.1 Å². The lowest BCUT2D eigenvalue weighted by molar-refractivity contribution is 0.230. The number of amides is 2. The molecule has 21 heavy (non-hydrogen) atoms. The molecule has 0 saturated carbocycles. The van der Waals surface area contributed by atoms with Gasteiger partial charge in [0.05, 0.1) is 0 Å². The van der Waals surface area contributed by atoms with Crippen LogP contribution < -0.4 is 5.32 Å². The highest BCUT2D eigenvalue weighted by atomic mass is 16.2. The first-order valence-corrected chi connectivity index (χ1v) is 7.26. The van der Waals surface area contributed by atoms with Gasteiger partial charge in [-0.05, 0) is 42.5 Å². The van der Waals surface area contributed by atoms with Crippen LogP contribution in [0.2, 0.25) is 0 Å². The number of carbonyl (C=O) groups excluding carboxylic acids is 1. The van der Waals surface area contributed by atoms with E-state index in [1.165, 1.54) is 16.0 Å². The van der Waals surface area contributed by atoms with E-state index < -0.39 is 0 Å². The fourth-order valence-electron chi connectivity index (χ4n) is 2.18. The van der Waals surface area contributed by atoms with Gasteiger partial charge in [0.2, 0.25) is 0 Å². The molecule has 3 nitrogen and oxygen atoms in total. The van der Waals surface area contributed by atoms with Crippen molar-refractivity contribution in [2.24, 2.45) is 0 Å². The number of benzene rings is 2. The number of hydrogen-bond donors (Lipinski definition) is 1. The summed E-state index contributed by atoms with van der Waals surface area (Å²) in [4.78, 5) is 13.2. The molecule has 110 valence electrons. The molecule has 0 heterocycles. The lowest BCUT2D eigenvalue weighted by atomic mass is 10.0. The number of nitrogens with zero attached hydrogens (tertiary/aromatic N) is 1. The molecule has 3 heteroatoms. The van der Waals surface area contributed by atoms with Crippen molar-refractivity contribution in [2.45, 2.75) is 19.3 Å². The van der Waals surface area contributed by atoms with Crippen LogP contribution in [0.25, 0.3) is 0 Å². The summed E-state index contributed by atoms with van der Waals surface area (Å²) >= 11 is 0. The van der Waals surface area contributed by atoms with E-state index in [1.807, 2.05) is 24.3 Å². The van der Waals surface area contributed by atoms with Gasteiger partial charge in [-0.15, -0.1) is 0 Å². The number of urea groups is 1. The number of hydrogen-bond acceptors (Lipinski definition) is 1. The Hall–Kier alpha value is -2.29. The Labute approximate surface area is 126 Å². The maximum absolute atomic E-state index is 11.6. The molecular formula is C18H22N2O. The van der Waals surface area contributed by atoms with Gasteiger partial charge in [0.25, 0.3) is 0 Å². The zero-order valence-electron chi connectivity index (χ0n) is 12.7. The van der Waals surface area contributed by atoms with Gasteiger partial charge in [0, 0.05) is 19.8 Å². The molecule has 0 aliphatic heterocycles. The minimum Gasteiger partial charge on any atom is -0.331 e. The van der Waals surface area contributed by atoms with Gasteiger partial charge in [-0.25, -0.2) is 4.79 Å². The van der Waals surface area contributed by atoms with Crippen molar-refractivity contribution in [3.8, 4) is 0 Å². The Kier molecular flexibility index (Phi) is 5.38. The highest BCUT2D eigenvalue weighted by molar-refractivity contribution is 5.88. The van der Waals surface area contributed by atoms with Crippen LogP contribution in [0.15, 0.2) is 54.6 Å². The first-order valence-electron chi connectivity index (χ1n) is 7.26. The van der Waals surface area contributed by atoms with Gasteiger partial charge in [-0.2, -0.15) is 0 Å². The summed E-state index contributed by atoms with van der Waals surface area (Å²) in [6.45, 7) is 0. The molecule has 2 amide bonds. The lowest BCUT2D eigenvalue weighted by Gasteiger charge is -2.12. The largest absolute Gasteiger partial charge is 0.331 e. The van der Waals surface area contributed by atoms with E-state index in [4.69, 9.17) is 0 Å². The van der Waals surface area contributed by atoms with E-state index >= 15 is 0 Å². The molecule has 0 spiro atoms. The highest BCUT2D eigenvalue weighted by Gasteiger charge is 2.04. The summed E-state index contributed by atoms with van der Waals surface area (Å²) in [5.41, 5.74) is 3.47. The Morgan fingerprint density at radius 1 is 0.952 bits per heavy atom. The van der Waals surface area contributed by atoms with Gasteiger partial charge in [-0.3, -0.25) is 0 Å². The van der Waals surface area contributed by atoms with Crippen molar-refractivity contribution in [3.63, 3.8) is 0 Å². The highest BCUT2D eigenvalue weighted by Crippen LogP contribution is 2.14. The molecule has 0 unspecified atom stereocenters. The molecule has 0 atom stereocenters. The average molecular weight is 282 g/mol. The van der Waals surface area contributed by atoms with Crippen LogP contribution in [0, 0.1) is 0 Å². The van der Waals surface area contributed by atoms with E-state index in [2.05, 4.69) is 35.6 Å². The van der Waals surface area contributed by atoms with E-state index in [-0.39, 0.29) is 6.03 Å².